The number of hydrogen-bond acceptors (Lipinski definition) is 3. The second-order valence-corrected chi connectivity index (χ2v) is 5.56. The summed E-state index contributed by atoms with van der Waals surface area (Å²) in [6.07, 6.45) is 5.74. The van der Waals surface area contributed by atoms with E-state index < -0.39 is 0 Å². The number of nitrogens with one attached hydrogen (secondary N) is 2. The van der Waals surface area contributed by atoms with Crippen molar-refractivity contribution >= 4 is 30.1 Å². The summed E-state index contributed by atoms with van der Waals surface area (Å²) in [6, 6.07) is 0. The number of rotatable bonds is 6. The third kappa shape index (κ3) is 7.17. The maximum atomic E-state index is 11.6. The normalized spacial score (nSPS) is 21.4. The van der Waals surface area contributed by atoms with Crippen LogP contribution in [0.4, 0.5) is 0 Å². The monoisotopic (exact) mass is 280 g/mol. The van der Waals surface area contributed by atoms with Gasteiger partial charge in [-0.2, -0.15) is 11.8 Å². The number of halogens is 1. The van der Waals surface area contributed by atoms with Crippen molar-refractivity contribution in [2.45, 2.75) is 26.2 Å². The predicted octanol–water partition coefficient (Wildman–Crippen LogP) is 1.91. The SMILES string of the molecule is CSCC(C)C(=O)NCCC1CCCNC1.Cl. The van der Waals surface area contributed by atoms with Gasteiger partial charge in [0, 0.05) is 18.2 Å². The summed E-state index contributed by atoms with van der Waals surface area (Å²) >= 11 is 1.73. The molecule has 3 nitrogen and oxygen atoms in total. The molecule has 2 atom stereocenters. The van der Waals surface area contributed by atoms with Crippen LogP contribution in [0.2, 0.25) is 0 Å². The molecule has 102 valence electrons. The molecule has 0 aromatic carbocycles. The van der Waals surface area contributed by atoms with Gasteiger partial charge < -0.3 is 10.6 Å². The Balaban J connectivity index is 0.00000256. The van der Waals surface area contributed by atoms with Gasteiger partial charge in [-0.3, -0.25) is 4.79 Å². The maximum Gasteiger partial charge on any atom is 0.223 e. The summed E-state index contributed by atoms with van der Waals surface area (Å²) in [6.45, 7) is 5.11. The van der Waals surface area contributed by atoms with Crippen molar-refractivity contribution in [1.29, 1.82) is 0 Å². The Labute approximate surface area is 115 Å². The van der Waals surface area contributed by atoms with Gasteiger partial charge in [-0.25, -0.2) is 0 Å². The summed E-state index contributed by atoms with van der Waals surface area (Å²) in [7, 11) is 0. The van der Waals surface area contributed by atoms with Crippen molar-refractivity contribution < 1.29 is 4.79 Å². The highest BCUT2D eigenvalue weighted by Crippen LogP contribution is 2.13. The summed E-state index contributed by atoms with van der Waals surface area (Å²) in [5.74, 6) is 2.01. The van der Waals surface area contributed by atoms with E-state index in [1.807, 2.05) is 13.2 Å². The van der Waals surface area contributed by atoms with Crippen molar-refractivity contribution in [1.82, 2.24) is 10.6 Å². The van der Waals surface area contributed by atoms with E-state index in [9.17, 15) is 4.79 Å². The highest BCUT2D eigenvalue weighted by Gasteiger charge is 2.14. The molecule has 0 aromatic heterocycles. The lowest BCUT2D eigenvalue weighted by molar-refractivity contribution is -0.123. The molecule has 1 fully saturated rings. The zero-order chi connectivity index (χ0) is 11.8. The molecule has 2 unspecified atom stereocenters. The van der Waals surface area contributed by atoms with Gasteiger partial charge in [0.1, 0.15) is 0 Å². The second kappa shape index (κ2) is 10.0. The van der Waals surface area contributed by atoms with Crippen molar-refractivity contribution in [2.75, 3.05) is 31.6 Å². The van der Waals surface area contributed by atoms with Crippen molar-refractivity contribution in [3.8, 4) is 0 Å². The van der Waals surface area contributed by atoms with E-state index in [-0.39, 0.29) is 24.2 Å². The summed E-state index contributed by atoms with van der Waals surface area (Å²) < 4.78 is 0. The van der Waals surface area contributed by atoms with E-state index in [4.69, 9.17) is 0 Å². The number of hydrogen-bond donors (Lipinski definition) is 2. The van der Waals surface area contributed by atoms with Crippen LogP contribution >= 0.6 is 24.2 Å². The number of piperidine rings is 1. The van der Waals surface area contributed by atoms with Crippen molar-refractivity contribution in [3.05, 3.63) is 0 Å². The molecule has 1 aliphatic rings. The Kier molecular flexibility index (Phi) is 10.1. The highest BCUT2D eigenvalue weighted by molar-refractivity contribution is 7.98. The number of carbonyl (C=O) groups excluding carboxylic acids is 1. The number of thioether (sulfide) groups is 1. The molecule has 0 aliphatic carbocycles. The lowest BCUT2D eigenvalue weighted by Gasteiger charge is -2.22. The van der Waals surface area contributed by atoms with Crippen LogP contribution in [0, 0.1) is 11.8 Å². The molecule has 1 rings (SSSR count). The van der Waals surface area contributed by atoms with Crippen LogP contribution in [0.1, 0.15) is 26.2 Å². The van der Waals surface area contributed by atoms with Gasteiger partial charge in [-0.1, -0.05) is 6.92 Å². The minimum absolute atomic E-state index is 0. The lowest BCUT2D eigenvalue weighted by atomic mass is 9.96. The zero-order valence-corrected chi connectivity index (χ0v) is 12.5. The molecular weight excluding hydrogens is 256 g/mol. The Hall–Kier alpha value is 0.0700. The third-order valence-electron chi connectivity index (χ3n) is 3.12. The molecule has 0 bridgehead atoms. The largest absolute Gasteiger partial charge is 0.356 e. The summed E-state index contributed by atoms with van der Waals surface area (Å²) in [5, 5.41) is 6.43. The van der Waals surface area contributed by atoms with Gasteiger partial charge in [0.05, 0.1) is 0 Å². The Bertz CT molecular complexity index is 211. The van der Waals surface area contributed by atoms with Crippen molar-refractivity contribution in [3.63, 3.8) is 0 Å². The molecule has 1 amide bonds. The zero-order valence-electron chi connectivity index (χ0n) is 10.8. The second-order valence-electron chi connectivity index (χ2n) is 4.65. The maximum absolute atomic E-state index is 11.6. The Morgan fingerprint density at radius 1 is 1.59 bits per heavy atom. The van der Waals surface area contributed by atoms with Gasteiger partial charge in [0.2, 0.25) is 5.91 Å². The minimum Gasteiger partial charge on any atom is -0.356 e. The van der Waals surface area contributed by atoms with E-state index >= 15 is 0 Å². The molecule has 0 aromatic rings. The molecule has 0 saturated carbocycles. The fraction of sp³-hybridized carbons (Fsp3) is 0.917. The first kappa shape index (κ1) is 17.1. The van der Waals surface area contributed by atoms with E-state index in [0.29, 0.717) is 0 Å². The Morgan fingerprint density at radius 3 is 2.94 bits per heavy atom. The minimum atomic E-state index is 0. The molecule has 0 spiro atoms. The molecule has 1 aliphatic heterocycles. The van der Waals surface area contributed by atoms with E-state index in [1.54, 1.807) is 11.8 Å². The standard InChI is InChI=1S/C12H24N2OS.ClH/c1-10(9-16-2)12(15)14-7-5-11-4-3-6-13-8-11;/h10-11,13H,3-9H2,1-2H3,(H,14,15);1H. The Morgan fingerprint density at radius 2 is 2.35 bits per heavy atom. The topological polar surface area (TPSA) is 41.1 Å². The van der Waals surface area contributed by atoms with Gasteiger partial charge in [0.15, 0.2) is 0 Å². The lowest BCUT2D eigenvalue weighted by Crippen LogP contribution is -2.35. The van der Waals surface area contributed by atoms with E-state index in [0.717, 1.165) is 37.7 Å². The molecule has 2 N–H and O–H groups in total. The van der Waals surface area contributed by atoms with Crippen LogP contribution in [0.5, 0.6) is 0 Å². The first-order valence-corrected chi connectivity index (χ1v) is 7.60. The molecule has 1 saturated heterocycles. The number of carbonyl (C=O) groups is 1. The quantitative estimate of drug-likeness (QED) is 0.781. The smallest absolute Gasteiger partial charge is 0.223 e. The average molecular weight is 281 g/mol. The van der Waals surface area contributed by atoms with Crippen LogP contribution in [-0.2, 0) is 4.79 Å². The first-order valence-electron chi connectivity index (χ1n) is 6.21. The van der Waals surface area contributed by atoms with Gasteiger partial charge in [0.25, 0.3) is 0 Å². The van der Waals surface area contributed by atoms with Gasteiger partial charge in [-0.05, 0) is 44.5 Å². The van der Waals surface area contributed by atoms with Crippen LogP contribution < -0.4 is 10.6 Å². The molecular formula is C12H25ClN2OS. The molecule has 1 heterocycles. The predicted molar refractivity (Wildman–Crippen MR) is 78.0 cm³/mol. The molecule has 0 radical (unpaired) electrons. The van der Waals surface area contributed by atoms with E-state index in [1.165, 1.54) is 12.8 Å². The van der Waals surface area contributed by atoms with Crippen molar-refractivity contribution in [2.24, 2.45) is 11.8 Å². The summed E-state index contributed by atoms with van der Waals surface area (Å²) in [5.41, 5.74) is 0. The van der Waals surface area contributed by atoms with Crippen LogP contribution in [0.3, 0.4) is 0 Å². The van der Waals surface area contributed by atoms with Gasteiger partial charge in [-0.15, -0.1) is 12.4 Å². The van der Waals surface area contributed by atoms with Crippen LogP contribution in [-0.4, -0.2) is 37.6 Å². The van der Waals surface area contributed by atoms with Crippen LogP contribution in [0.15, 0.2) is 0 Å². The number of amides is 1. The molecule has 5 heteroatoms. The molecule has 17 heavy (non-hydrogen) atoms. The van der Waals surface area contributed by atoms with E-state index in [2.05, 4.69) is 10.6 Å². The first-order chi connectivity index (χ1) is 7.74. The fourth-order valence-electron chi connectivity index (χ4n) is 2.07. The highest BCUT2D eigenvalue weighted by atomic mass is 35.5. The summed E-state index contributed by atoms with van der Waals surface area (Å²) in [4.78, 5) is 11.6. The van der Waals surface area contributed by atoms with Gasteiger partial charge >= 0.3 is 0 Å². The fourth-order valence-corrected chi connectivity index (χ4v) is 2.72. The third-order valence-corrected chi connectivity index (χ3v) is 3.95. The average Bonchev–Trinajstić information content (AvgIpc) is 2.30. The van der Waals surface area contributed by atoms with Crippen LogP contribution in [0.25, 0.3) is 0 Å².